The number of halogens is 2. The van der Waals surface area contributed by atoms with Crippen molar-refractivity contribution in [3.05, 3.63) is 28.2 Å². The second-order valence-corrected chi connectivity index (χ2v) is 8.12. The van der Waals surface area contributed by atoms with Gasteiger partial charge in [-0.1, -0.05) is 36.0 Å². The van der Waals surface area contributed by atoms with E-state index in [1.54, 1.807) is 18.2 Å². The number of hydrogen-bond acceptors (Lipinski definition) is 3. The summed E-state index contributed by atoms with van der Waals surface area (Å²) in [5, 5.41) is 3.76. The topological polar surface area (TPSA) is 47.6 Å². The summed E-state index contributed by atoms with van der Waals surface area (Å²) in [4.78, 5) is 0. The highest BCUT2D eigenvalue weighted by molar-refractivity contribution is 7.55. The first kappa shape index (κ1) is 15.6. The SMILES string of the molecule is C[C@@H]1O[P@](=O)(Nc2cc(Cl)ccc2Cl)O[C@@H]2CCCC[C@@H]12. The van der Waals surface area contributed by atoms with Crippen LogP contribution < -0.4 is 5.09 Å². The molecule has 0 spiro atoms. The minimum atomic E-state index is -3.42. The Hall–Kier alpha value is -0.250. The third kappa shape index (κ3) is 3.40. The molecule has 1 aromatic carbocycles. The largest absolute Gasteiger partial charge is 0.433 e. The first-order valence-electron chi connectivity index (χ1n) is 7.17. The van der Waals surface area contributed by atoms with Crippen molar-refractivity contribution in [2.24, 2.45) is 5.92 Å². The third-order valence-corrected chi connectivity index (χ3v) is 6.36. The maximum atomic E-state index is 12.9. The van der Waals surface area contributed by atoms with Crippen molar-refractivity contribution < 1.29 is 13.6 Å². The quantitative estimate of drug-likeness (QED) is 0.715. The first-order valence-corrected chi connectivity index (χ1v) is 9.47. The number of hydrogen-bond donors (Lipinski definition) is 1. The van der Waals surface area contributed by atoms with E-state index in [9.17, 15) is 4.57 Å². The van der Waals surface area contributed by atoms with E-state index in [0.717, 1.165) is 19.3 Å². The Morgan fingerprint density at radius 1 is 1.24 bits per heavy atom. The van der Waals surface area contributed by atoms with Gasteiger partial charge in [0.25, 0.3) is 0 Å². The molecule has 1 N–H and O–H groups in total. The second kappa shape index (κ2) is 6.10. The van der Waals surface area contributed by atoms with Crippen LogP contribution in [0.1, 0.15) is 32.6 Å². The summed E-state index contributed by atoms with van der Waals surface area (Å²) in [7, 11) is -3.42. The Balaban J connectivity index is 1.81. The van der Waals surface area contributed by atoms with Crippen LogP contribution in [0.4, 0.5) is 5.69 Å². The van der Waals surface area contributed by atoms with Gasteiger partial charge in [-0.2, -0.15) is 0 Å². The Morgan fingerprint density at radius 2 is 2.00 bits per heavy atom. The van der Waals surface area contributed by atoms with E-state index in [-0.39, 0.29) is 12.2 Å². The number of nitrogens with one attached hydrogen (secondary N) is 1. The van der Waals surface area contributed by atoms with Gasteiger partial charge >= 0.3 is 7.75 Å². The molecular weight excluding hydrogens is 332 g/mol. The van der Waals surface area contributed by atoms with Crippen molar-refractivity contribution in [3.8, 4) is 0 Å². The van der Waals surface area contributed by atoms with Crippen LogP contribution in [0.15, 0.2) is 18.2 Å². The third-order valence-electron chi connectivity index (χ3n) is 4.12. The average Bonchev–Trinajstić information content (AvgIpc) is 2.42. The van der Waals surface area contributed by atoms with Crippen molar-refractivity contribution >= 4 is 36.6 Å². The fraction of sp³-hybridized carbons (Fsp3) is 0.571. The zero-order chi connectivity index (χ0) is 15.0. The van der Waals surface area contributed by atoms with Gasteiger partial charge in [-0.15, -0.1) is 0 Å². The van der Waals surface area contributed by atoms with Crippen molar-refractivity contribution in [1.82, 2.24) is 0 Å². The van der Waals surface area contributed by atoms with Gasteiger partial charge in [0.05, 0.1) is 22.9 Å². The first-order chi connectivity index (χ1) is 9.97. The van der Waals surface area contributed by atoms with Crippen LogP contribution in [0, 0.1) is 5.92 Å². The highest BCUT2D eigenvalue weighted by atomic mass is 35.5. The molecule has 4 nitrogen and oxygen atoms in total. The maximum absolute atomic E-state index is 12.9. The number of fused-ring (bicyclic) bond motifs is 1. The zero-order valence-corrected chi connectivity index (χ0v) is 14.1. The normalized spacial score (nSPS) is 36.0. The standard InChI is InChI=1S/C14H18Cl2NO3P/c1-9-11-4-2-3-5-14(11)20-21(18,19-9)17-13-8-10(15)6-7-12(13)16/h6-9,11,14H,2-5H2,1H3,(H,17,18)/t9-,11-,14+,21+/m0/s1. The fourth-order valence-corrected chi connectivity index (χ4v) is 5.33. The molecule has 21 heavy (non-hydrogen) atoms. The Bertz CT molecular complexity index is 583. The van der Waals surface area contributed by atoms with Gasteiger partial charge in [0.15, 0.2) is 0 Å². The molecule has 116 valence electrons. The minimum absolute atomic E-state index is 0.0150. The van der Waals surface area contributed by atoms with E-state index in [0.29, 0.717) is 21.7 Å². The number of benzene rings is 1. The monoisotopic (exact) mass is 349 g/mol. The summed E-state index contributed by atoms with van der Waals surface area (Å²) in [6.45, 7) is 1.96. The van der Waals surface area contributed by atoms with Gasteiger partial charge in [0.1, 0.15) is 0 Å². The Morgan fingerprint density at radius 3 is 2.81 bits per heavy atom. The molecule has 2 aliphatic rings. The van der Waals surface area contributed by atoms with Gasteiger partial charge in [0, 0.05) is 10.9 Å². The van der Waals surface area contributed by atoms with Crippen LogP contribution in [-0.4, -0.2) is 12.2 Å². The van der Waals surface area contributed by atoms with E-state index in [1.165, 1.54) is 6.42 Å². The summed E-state index contributed by atoms with van der Waals surface area (Å²) in [6.07, 6.45) is 4.15. The molecule has 1 aliphatic carbocycles. The van der Waals surface area contributed by atoms with E-state index >= 15 is 0 Å². The van der Waals surface area contributed by atoms with E-state index < -0.39 is 7.75 Å². The zero-order valence-electron chi connectivity index (χ0n) is 11.7. The van der Waals surface area contributed by atoms with Crippen LogP contribution in [-0.2, 0) is 13.6 Å². The lowest BCUT2D eigenvalue weighted by Crippen LogP contribution is -2.40. The van der Waals surface area contributed by atoms with Crippen molar-refractivity contribution in [2.45, 2.75) is 44.8 Å². The van der Waals surface area contributed by atoms with Crippen LogP contribution in [0.5, 0.6) is 0 Å². The lowest BCUT2D eigenvalue weighted by molar-refractivity contribution is -0.0363. The predicted molar refractivity (Wildman–Crippen MR) is 85.1 cm³/mol. The molecule has 2 fully saturated rings. The number of anilines is 1. The molecule has 0 amide bonds. The van der Waals surface area contributed by atoms with E-state index in [1.807, 2.05) is 6.92 Å². The van der Waals surface area contributed by atoms with Crippen LogP contribution in [0.25, 0.3) is 0 Å². The molecule has 4 atom stereocenters. The molecule has 1 saturated heterocycles. The van der Waals surface area contributed by atoms with Gasteiger partial charge in [-0.05, 0) is 38.0 Å². The van der Waals surface area contributed by atoms with Gasteiger partial charge < -0.3 is 0 Å². The molecule has 0 bridgehead atoms. The van der Waals surface area contributed by atoms with Crippen molar-refractivity contribution in [2.75, 3.05) is 5.09 Å². The Kier molecular flexibility index (Phi) is 4.54. The van der Waals surface area contributed by atoms with E-state index in [2.05, 4.69) is 5.09 Å². The summed E-state index contributed by atoms with van der Waals surface area (Å²) in [5.41, 5.74) is 0.467. The Labute approximate surface area is 134 Å². The number of rotatable bonds is 2. The molecular formula is C14H18Cl2NO3P. The van der Waals surface area contributed by atoms with Crippen LogP contribution >= 0.6 is 30.9 Å². The molecule has 3 rings (SSSR count). The molecule has 1 aliphatic heterocycles. The summed E-state index contributed by atoms with van der Waals surface area (Å²) in [6, 6.07) is 4.94. The minimum Gasteiger partial charge on any atom is -0.291 e. The highest BCUT2D eigenvalue weighted by Crippen LogP contribution is 2.58. The maximum Gasteiger partial charge on any atom is 0.433 e. The summed E-state index contributed by atoms with van der Waals surface area (Å²) in [5.74, 6) is 0.317. The second-order valence-electron chi connectivity index (χ2n) is 5.64. The van der Waals surface area contributed by atoms with Crippen LogP contribution in [0.2, 0.25) is 10.0 Å². The highest BCUT2D eigenvalue weighted by Gasteiger charge is 2.45. The lowest BCUT2D eigenvalue weighted by Gasteiger charge is -2.42. The van der Waals surface area contributed by atoms with Crippen LogP contribution in [0.3, 0.4) is 0 Å². The van der Waals surface area contributed by atoms with Gasteiger partial charge in [0.2, 0.25) is 0 Å². The molecule has 1 aromatic rings. The smallest absolute Gasteiger partial charge is 0.291 e. The molecule has 1 saturated carbocycles. The lowest BCUT2D eigenvalue weighted by atomic mass is 9.83. The predicted octanol–water partition coefficient (Wildman–Crippen LogP) is 5.51. The summed E-state index contributed by atoms with van der Waals surface area (Å²) < 4.78 is 24.3. The average molecular weight is 350 g/mol. The van der Waals surface area contributed by atoms with Crippen molar-refractivity contribution in [1.29, 1.82) is 0 Å². The van der Waals surface area contributed by atoms with E-state index in [4.69, 9.17) is 32.2 Å². The molecule has 0 unspecified atom stereocenters. The molecule has 0 aromatic heterocycles. The van der Waals surface area contributed by atoms with Crippen molar-refractivity contribution in [3.63, 3.8) is 0 Å². The van der Waals surface area contributed by atoms with Gasteiger partial charge in [-0.25, -0.2) is 4.57 Å². The van der Waals surface area contributed by atoms with Gasteiger partial charge in [-0.3, -0.25) is 14.1 Å². The molecule has 1 heterocycles. The summed E-state index contributed by atoms with van der Waals surface area (Å²) >= 11 is 12.0. The molecule has 7 heteroatoms. The molecule has 0 radical (unpaired) electrons. The fourth-order valence-electron chi connectivity index (χ4n) is 3.08.